The van der Waals surface area contributed by atoms with Gasteiger partial charge in [0.25, 0.3) is 0 Å². The zero-order valence-corrected chi connectivity index (χ0v) is 10.5. The third-order valence-electron chi connectivity index (χ3n) is 3.18. The van der Waals surface area contributed by atoms with Gasteiger partial charge in [-0.05, 0) is 23.5 Å². The first-order chi connectivity index (χ1) is 8.61. The van der Waals surface area contributed by atoms with Crippen LogP contribution in [-0.2, 0) is 0 Å². The lowest BCUT2D eigenvalue weighted by molar-refractivity contribution is 0.0685. The highest BCUT2D eigenvalue weighted by Gasteiger charge is 2.09. The summed E-state index contributed by atoms with van der Waals surface area (Å²) < 4.78 is 0. The Bertz CT molecular complexity index is 543. The molecule has 1 aromatic carbocycles. The number of rotatable bonds is 4. The van der Waals surface area contributed by atoms with Crippen LogP contribution in [0.4, 0.5) is 0 Å². The van der Waals surface area contributed by atoms with Crippen molar-refractivity contribution in [3.8, 4) is 11.3 Å². The van der Waals surface area contributed by atoms with Gasteiger partial charge in [-0.1, -0.05) is 38.1 Å². The van der Waals surface area contributed by atoms with Crippen LogP contribution < -0.4 is 0 Å². The number of benzene rings is 1. The van der Waals surface area contributed by atoms with Crippen LogP contribution in [0.25, 0.3) is 11.3 Å². The molecular formula is C14H16N2O2. The van der Waals surface area contributed by atoms with Gasteiger partial charge < -0.3 is 10.1 Å². The second kappa shape index (κ2) is 5.04. The molecule has 18 heavy (non-hydrogen) atoms. The van der Waals surface area contributed by atoms with Crippen molar-refractivity contribution in [3.63, 3.8) is 0 Å². The van der Waals surface area contributed by atoms with Crippen LogP contribution in [0.1, 0.15) is 42.4 Å². The first-order valence-electron chi connectivity index (χ1n) is 6.00. The lowest BCUT2D eigenvalue weighted by atomic mass is 9.97. The normalized spacial score (nSPS) is 12.3. The van der Waals surface area contributed by atoms with Gasteiger partial charge in [0, 0.05) is 0 Å². The molecule has 1 aromatic heterocycles. The van der Waals surface area contributed by atoms with Crippen LogP contribution in [0.2, 0.25) is 0 Å². The van der Waals surface area contributed by atoms with Crippen LogP contribution in [0.3, 0.4) is 0 Å². The average Bonchev–Trinajstić information content (AvgIpc) is 2.88. The van der Waals surface area contributed by atoms with Gasteiger partial charge in [-0.25, -0.2) is 9.78 Å². The van der Waals surface area contributed by atoms with E-state index in [0.29, 0.717) is 5.92 Å². The lowest BCUT2D eigenvalue weighted by Gasteiger charge is -2.09. The number of nitrogens with one attached hydrogen (secondary N) is 1. The average molecular weight is 244 g/mol. The van der Waals surface area contributed by atoms with Gasteiger partial charge in [-0.3, -0.25) is 0 Å². The summed E-state index contributed by atoms with van der Waals surface area (Å²) in [7, 11) is 0. The Morgan fingerprint density at radius 2 is 2.06 bits per heavy atom. The number of aromatic amines is 1. The Hall–Kier alpha value is -2.10. The Morgan fingerprint density at radius 3 is 2.56 bits per heavy atom. The smallest absolute Gasteiger partial charge is 0.371 e. The number of imidazole rings is 1. The zero-order valence-electron chi connectivity index (χ0n) is 10.5. The van der Waals surface area contributed by atoms with Gasteiger partial charge in [0.2, 0.25) is 5.82 Å². The summed E-state index contributed by atoms with van der Waals surface area (Å²) in [6.45, 7) is 4.35. The molecule has 2 N–H and O–H groups in total. The number of aromatic nitrogens is 2. The van der Waals surface area contributed by atoms with Crippen molar-refractivity contribution in [1.82, 2.24) is 9.97 Å². The molecule has 1 unspecified atom stereocenters. The van der Waals surface area contributed by atoms with E-state index >= 15 is 0 Å². The van der Waals surface area contributed by atoms with Crippen molar-refractivity contribution in [1.29, 1.82) is 0 Å². The molecular weight excluding hydrogens is 228 g/mol. The molecule has 0 radical (unpaired) electrons. The van der Waals surface area contributed by atoms with Crippen molar-refractivity contribution in [2.45, 2.75) is 26.2 Å². The summed E-state index contributed by atoms with van der Waals surface area (Å²) in [5.74, 6) is -0.538. The monoisotopic (exact) mass is 244 g/mol. The van der Waals surface area contributed by atoms with Crippen LogP contribution in [0.5, 0.6) is 0 Å². The number of carbonyl (C=O) groups is 1. The number of carboxylic acid groups (broad SMARTS) is 1. The molecule has 2 rings (SSSR count). The maximum absolute atomic E-state index is 10.7. The second-order valence-corrected chi connectivity index (χ2v) is 4.38. The molecule has 0 aliphatic carbocycles. The fourth-order valence-corrected chi connectivity index (χ4v) is 1.80. The highest BCUT2D eigenvalue weighted by atomic mass is 16.4. The zero-order chi connectivity index (χ0) is 13.1. The number of carboxylic acids is 1. The number of H-pyrrole nitrogens is 1. The van der Waals surface area contributed by atoms with Gasteiger partial charge in [0.15, 0.2) is 0 Å². The highest BCUT2D eigenvalue weighted by Crippen LogP contribution is 2.23. The topological polar surface area (TPSA) is 66.0 Å². The van der Waals surface area contributed by atoms with E-state index in [1.807, 2.05) is 12.1 Å². The van der Waals surface area contributed by atoms with E-state index in [1.54, 1.807) is 6.20 Å². The predicted molar refractivity (Wildman–Crippen MR) is 69.7 cm³/mol. The van der Waals surface area contributed by atoms with Gasteiger partial charge in [-0.2, -0.15) is 0 Å². The van der Waals surface area contributed by atoms with Gasteiger partial charge in [-0.15, -0.1) is 0 Å². The summed E-state index contributed by atoms with van der Waals surface area (Å²) >= 11 is 0. The Balaban J connectivity index is 2.25. The molecule has 0 saturated carbocycles. The standard InChI is InChI=1S/C14H16N2O2/c1-3-9(2)10-4-6-11(7-5-10)12-8-15-13(16-12)14(17)18/h4-9H,3H2,1-2H3,(H,15,16)(H,17,18). The van der Waals surface area contributed by atoms with Crippen molar-refractivity contribution in [3.05, 3.63) is 41.9 Å². The van der Waals surface area contributed by atoms with E-state index in [1.165, 1.54) is 5.56 Å². The summed E-state index contributed by atoms with van der Waals surface area (Å²) in [6, 6.07) is 8.12. The van der Waals surface area contributed by atoms with Crippen molar-refractivity contribution < 1.29 is 9.90 Å². The lowest BCUT2D eigenvalue weighted by Crippen LogP contribution is -1.98. The maximum atomic E-state index is 10.7. The predicted octanol–water partition coefficient (Wildman–Crippen LogP) is 3.29. The number of aromatic carboxylic acids is 1. The number of hydrogen-bond acceptors (Lipinski definition) is 2. The third kappa shape index (κ3) is 2.42. The van der Waals surface area contributed by atoms with Crippen LogP contribution >= 0.6 is 0 Å². The molecule has 0 spiro atoms. The third-order valence-corrected chi connectivity index (χ3v) is 3.18. The summed E-state index contributed by atoms with van der Waals surface area (Å²) in [5.41, 5.74) is 2.96. The van der Waals surface area contributed by atoms with E-state index in [9.17, 15) is 4.79 Å². The van der Waals surface area contributed by atoms with E-state index in [2.05, 4.69) is 35.9 Å². The maximum Gasteiger partial charge on any atom is 0.371 e. The number of nitrogens with zero attached hydrogens (tertiary/aromatic N) is 1. The van der Waals surface area contributed by atoms with E-state index in [-0.39, 0.29) is 5.82 Å². The molecule has 0 saturated heterocycles. The van der Waals surface area contributed by atoms with Gasteiger partial charge in [0.1, 0.15) is 0 Å². The molecule has 0 aliphatic rings. The molecule has 4 heteroatoms. The van der Waals surface area contributed by atoms with Gasteiger partial charge in [0.05, 0.1) is 11.9 Å². The van der Waals surface area contributed by atoms with Crippen LogP contribution in [0, 0.1) is 0 Å². The first-order valence-corrected chi connectivity index (χ1v) is 6.00. The molecule has 0 amide bonds. The Labute approximate surface area is 106 Å². The molecule has 0 aliphatic heterocycles. The van der Waals surface area contributed by atoms with Crippen molar-refractivity contribution >= 4 is 5.97 Å². The summed E-state index contributed by atoms with van der Waals surface area (Å²) in [6.07, 6.45) is 2.65. The SMILES string of the molecule is CCC(C)c1ccc(-c2cnc(C(=O)O)[nH]2)cc1. The summed E-state index contributed by atoms with van der Waals surface area (Å²) in [5, 5.41) is 8.80. The largest absolute Gasteiger partial charge is 0.475 e. The Kier molecular flexibility index (Phi) is 3.46. The minimum Gasteiger partial charge on any atom is -0.475 e. The van der Waals surface area contributed by atoms with Crippen LogP contribution in [-0.4, -0.2) is 21.0 Å². The molecule has 2 aromatic rings. The molecule has 94 valence electrons. The van der Waals surface area contributed by atoms with E-state index < -0.39 is 5.97 Å². The summed E-state index contributed by atoms with van der Waals surface area (Å²) in [4.78, 5) is 17.3. The quantitative estimate of drug-likeness (QED) is 0.867. The van der Waals surface area contributed by atoms with Crippen LogP contribution in [0.15, 0.2) is 30.5 Å². The first kappa shape index (κ1) is 12.4. The van der Waals surface area contributed by atoms with E-state index in [0.717, 1.165) is 17.7 Å². The fraction of sp³-hybridized carbons (Fsp3) is 0.286. The fourth-order valence-electron chi connectivity index (χ4n) is 1.80. The minimum atomic E-state index is -1.04. The molecule has 0 fully saturated rings. The molecule has 0 bridgehead atoms. The van der Waals surface area contributed by atoms with E-state index in [4.69, 9.17) is 5.11 Å². The molecule has 1 atom stereocenters. The second-order valence-electron chi connectivity index (χ2n) is 4.38. The molecule has 1 heterocycles. The van der Waals surface area contributed by atoms with Gasteiger partial charge >= 0.3 is 5.97 Å². The van der Waals surface area contributed by atoms with Crippen molar-refractivity contribution in [2.75, 3.05) is 0 Å². The highest BCUT2D eigenvalue weighted by molar-refractivity contribution is 5.84. The molecule has 4 nitrogen and oxygen atoms in total. The minimum absolute atomic E-state index is 0.0315. The Morgan fingerprint density at radius 1 is 1.39 bits per heavy atom. The number of hydrogen-bond donors (Lipinski definition) is 2. The van der Waals surface area contributed by atoms with Crippen molar-refractivity contribution in [2.24, 2.45) is 0 Å².